The van der Waals surface area contributed by atoms with Gasteiger partial charge in [-0.1, -0.05) is 29.8 Å². The molecule has 4 rings (SSSR count). The number of anilines is 1. The van der Waals surface area contributed by atoms with Crippen molar-refractivity contribution in [3.8, 4) is 11.1 Å². The molecule has 0 unspecified atom stereocenters. The molecule has 2 aromatic carbocycles. The van der Waals surface area contributed by atoms with Gasteiger partial charge in [0, 0.05) is 35.1 Å². The number of alkyl carbamates (subject to hydrolysis) is 1. The first-order valence-electron chi connectivity index (χ1n) is 11.3. The number of carbonyl (C=O) groups is 2. The van der Waals surface area contributed by atoms with Crippen molar-refractivity contribution in [2.24, 2.45) is 0 Å². The molecule has 34 heavy (non-hydrogen) atoms. The van der Waals surface area contributed by atoms with E-state index in [1.807, 2.05) is 80.3 Å². The molecule has 1 aliphatic rings. The van der Waals surface area contributed by atoms with Crippen molar-refractivity contribution < 1.29 is 14.3 Å². The molecular formula is C26H29ClN4O3. The fourth-order valence-electron chi connectivity index (χ4n) is 3.94. The minimum atomic E-state index is -0.568. The lowest BCUT2D eigenvalue weighted by Gasteiger charge is -2.24. The molecule has 178 valence electrons. The van der Waals surface area contributed by atoms with Gasteiger partial charge < -0.3 is 15.4 Å². The summed E-state index contributed by atoms with van der Waals surface area (Å²) < 4.78 is 7.33. The number of rotatable bonds is 7. The van der Waals surface area contributed by atoms with E-state index in [-0.39, 0.29) is 11.9 Å². The van der Waals surface area contributed by atoms with E-state index in [2.05, 4.69) is 15.7 Å². The van der Waals surface area contributed by atoms with Crippen LogP contribution in [0.15, 0.2) is 54.9 Å². The normalized spacial score (nSPS) is 13.8. The molecule has 0 saturated heterocycles. The van der Waals surface area contributed by atoms with Gasteiger partial charge >= 0.3 is 6.09 Å². The van der Waals surface area contributed by atoms with Crippen molar-refractivity contribution in [2.45, 2.75) is 58.2 Å². The molecule has 0 spiro atoms. The molecule has 2 N–H and O–H groups in total. The SMILES string of the molecule is CC(C)(C)OC(=O)N[C@H](CCn1cc(-c2ccc3c(c2)CC(=O)N3)cn1)Cc1ccc(Cl)cc1. The molecule has 2 amide bonds. The number of aryl methyl sites for hydroxylation is 1. The third kappa shape index (κ3) is 6.38. The number of benzene rings is 2. The van der Waals surface area contributed by atoms with Crippen LogP contribution in [0, 0.1) is 0 Å². The number of carbonyl (C=O) groups excluding carboxylic acids is 2. The van der Waals surface area contributed by atoms with E-state index in [0.29, 0.717) is 30.8 Å². The summed E-state index contributed by atoms with van der Waals surface area (Å²) in [7, 11) is 0. The smallest absolute Gasteiger partial charge is 0.407 e. The zero-order valence-corrected chi connectivity index (χ0v) is 20.4. The van der Waals surface area contributed by atoms with Crippen LogP contribution in [-0.4, -0.2) is 33.4 Å². The van der Waals surface area contributed by atoms with Crippen LogP contribution in [0.25, 0.3) is 11.1 Å². The van der Waals surface area contributed by atoms with Crippen molar-refractivity contribution in [2.75, 3.05) is 5.32 Å². The van der Waals surface area contributed by atoms with E-state index >= 15 is 0 Å². The van der Waals surface area contributed by atoms with Crippen molar-refractivity contribution in [1.82, 2.24) is 15.1 Å². The number of nitrogens with one attached hydrogen (secondary N) is 2. The number of ether oxygens (including phenoxy) is 1. The van der Waals surface area contributed by atoms with Gasteiger partial charge in [-0.05, 0) is 74.6 Å². The third-order valence-electron chi connectivity index (χ3n) is 5.52. The molecule has 8 heteroatoms. The van der Waals surface area contributed by atoms with Crippen LogP contribution in [0.4, 0.5) is 10.5 Å². The quantitative estimate of drug-likeness (QED) is 0.485. The zero-order chi connectivity index (χ0) is 24.3. The van der Waals surface area contributed by atoms with Crippen LogP contribution in [0.2, 0.25) is 5.02 Å². The molecule has 0 aliphatic carbocycles. The number of nitrogens with zero attached hydrogens (tertiary/aromatic N) is 2. The highest BCUT2D eigenvalue weighted by Crippen LogP contribution is 2.29. The number of fused-ring (bicyclic) bond motifs is 1. The summed E-state index contributed by atoms with van der Waals surface area (Å²) in [5.74, 6) is 0.0204. The molecule has 1 aliphatic heterocycles. The third-order valence-corrected chi connectivity index (χ3v) is 5.77. The fraction of sp³-hybridized carbons (Fsp3) is 0.346. The van der Waals surface area contributed by atoms with E-state index < -0.39 is 11.7 Å². The molecular weight excluding hydrogens is 452 g/mol. The highest BCUT2D eigenvalue weighted by molar-refractivity contribution is 6.30. The maximum Gasteiger partial charge on any atom is 0.407 e. The molecule has 2 heterocycles. The van der Waals surface area contributed by atoms with Gasteiger partial charge in [-0.3, -0.25) is 9.48 Å². The Hall–Kier alpha value is -3.32. The summed E-state index contributed by atoms with van der Waals surface area (Å²) in [6.45, 7) is 6.16. The lowest BCUT2D eigenvalue weighted by molar-refractivity contribution is -0.115. The van der Waals surface area contributed by atoms with Gasteiger partial charge in [0.15, 0.2) is 0 Å². The van der Waals surface area contributed by atoms with Gasteiger partial charge in [-0.15, -0.1) is 0 Å². The molecule has 1 atom stereocenters. The number of aromatic nitrogens is 2. The summed E-state index contributed by atoms with van der Waals surface area (Å²) in [5.41, 5.74) is 4.39. The van der Waals surface area contributed by atoms with E-state index in [4.69, 9.17) is 16.3 Å². The monoisotopic (exact) mass is 480 g/mol. The van der Waals surface area contributed by atoms with Crippen LogP contribution >= 0.6 is 11.6 Å². The second-order valence-electron chi connectivity index (χ2n) is 9.55. The van der Waals surface area contributed by atoms with Crippen molar-refractivity contribution in [3.05, 3.63) is 71.0 Å². The lowest BCUT2D eigenvalue weighted by atomic mass is 10.0. The summed E-state index contributed by atoms with van der Waals surface area (Å²) in [4.78, 5) is 24.1. The standard InChI is InChI=1S/C26H29ClN4O3/c1-26(2,3)34-25(33)29-22(12-17-4-7-21(27)8-5-17)10-11-31-16-20(15-28-31)18-6-9-23-19(13-18)14-24(32)30-23/h4-9,13,15-16,22H,10-12,14H2,1-3H3,(H,29,33)(H,30,32)/t22-/m1/s1. The first kappa shape index (κ1) is 23.8. The topological polar surface area (TPSA) is 85.2 Å². The summed E-state index contributed by atoms with van der Waals surface area (Å²) in [5, 5.41) is 11.0. The van der Waals surface area contributed by atoms with Crippen molar-refractivity contribution in [3.63, 3.8) is 0 Å². The first-order chi connectivity index (χ1) is 16.1. The Morgan fingerprint density at radius 1 is 1.21 bits per heavy atom. The molecule has 0 fully saturated rings. The summed E-state index contributed by atoms with van der Waals surface area (Å²) in [6.07, 6.45) is 5.09. The highest BCUT2D eigenvalue weighted by atomic mass is 35.5. The second-order valence-corrected chi connectivity index (χ2v) is 9.99. The van der Waals surface area contributed by atoms with Crippen LogP contribution in [0.5, 0.6) is 0 Å². The maximum absolute atomic E-state index is 12.4. The first-order valence-corrected chi connectivity index (χ1v) is 11.7. The number of hydrogen-bond acceptors (Lipinski definition) is 4. The van der Waals surface area contributed by atoms with Crippen molar-refractivity contribution in [1.29, 1.82) is 0 Å². The Balaban J connectivity index is 1.43. The van der Waals surface area contributed by atoms with Gasteiger partial charge in [0.1, 0.15) is 5.60 Å². The predicted octanol–water partition coefficient (Wildman–Crippen LogP) is 5.22. The molecule has 0 radical (unpaired) electrons. The minimum absolute atomic E-state index is 0.0204. The van der Waals surface area contributed by atoms with E-state index in [1.54, 1.807) is 0 Å². The van der Waals surface area contributed by atoms with Crippen LogP contribution in [0.3, 0.4) is 0 Å². The lowest BCUT2D eigenvalue weighted by Crippen LogP contribution is -2.40. The molecule has 0 bridgehead atoms. The van der Waals surface area contributed by atoms with Crippen LogP contribution in [-0.2, 0) is 28.9 Å². The highest BCUT2D eigenvalue weighted by Gasteiger charge is 2.21. The number of halogens is 1. The Morgan fingerprint density at radius 2 is 1.97 bits per heavy atom. The average molecular weight is 481 g/mol. The van der Waals surface area contributed by atoms with Crippen LogP contribution < -0.4 is 10.6 Å². The van der Waals surface area contributed by atoms with Crippen molar-refractivity contribution >= 4 is 29.3 Å². The Bertz CT molecular complexity index is 1180. The van der Waals surface area contributed by atoms with Gasteiger partial charge in [0.05, 0.1) is 12.6 Å². The summed E-state index contributed by atoms with van der Waals surface area (Å²) >= 11 is 6.02. The Labute approximate surface area is 204 Å². The van der Waals surface area contributed by atoms with E-state index in [1.165, 1.54) is 0 Å². The molecule has 1 aromatic heterocycles. The Morgan fingerprint density at radius 3 is 2.71 bits per heavy atom. The maximum atomic E-state index is 12.4. The van der Waals surface area contributed by atoms with Gasteiger partial charge in [0.25, 0.3) is 0 Å². The van der Waals surface area contributed by atoms with Gasteiger partial charge in [0.2, 0.25) is 5.91 Å². The largest absolute Gasteiger partial charge is 0.444 e. The fourth-order valence-corrected chi connectivity index (χ4v) is 4.06. The average Bonchev–Trinajstić information content (AvgIpc) is 3.37. The molecule has 0 saturated carbocycles. The number of hydrogen-bond donors (Lipinski definition) is 2. The minimum Gasteiger partial charge on any atom is -0.444 e. The van der Waals surface area contributed by atoms with E-state index in [9.17, 15) is 9.59 Å². The Kier molecular flexibility index (Phi) is 6.93. The van der Waals surface area contributed by atoms with Gasteiger partial charge in [-0.25, -0.2) is 4.79 Å². The van der Waals surface area contributed by atoms with Gasteiger partial charge in [-0.2, -0.15) is 5.10 Å². The van der Waals surface area contributed by atoms with Crippen LogP contribution in [0.1, 0.15) is 38.3 Å². The van der Waals surface area contributed by atoms with E-state index in [0.717, 1.165) is 27.9 Å². The zero-order valence-electron chi connectivity index (χ0n) is 19.6. The predicted molar refractivity (Wildman–Crippen MR) is 133 cm³/mol. The number of amides is 2. The second kappa shape index (κ2) is 9.89. The molecule has 7 nitrogen and oxygen atoms in total. The summed E-state index contributed by atoms with van der Waals surface area (Å²) in [6, 6.07) is 13.4. The molecule has 3 aromatic rings.